The van der Waals surface area contributed by atoms with Gasteiger partial charge in [0, 0.05) is 37.6 Å². The Morgan fingerprint density at radius 2 is 2.13 bits per heavy atom. The van der Waals surface area contributed by atoms with Crippen LogP contribution in [0.2, 0.25) is 0 Å². The number of aliphatic hydroxyl groups is 1. The first-order valence-electron chi connectivity index (χ1n) is 8.66. The third kappa shape index (κ3) is 4.68. The van der Waals surface area contributed by atoms with Crippen LogP contribution in [0.15, 0.2) is 11.4 Å². The second-order valence-electron chi connectivity index (χ2n) is 6.79. The van der Waals surface area contributed by atoms with Gasteiger partial charge in [0.05, 0.1) is 5.60 Å². The van der Waals surface area contributed by atoms with Crippen molar-refractivity contribution < 1.29 is 9.90 Å². The van der Waals surface area contributed by atoms with E-state index < -0.39 is 5.60 Å². The molecule has 0 atom stereocenters. The van der Waals surface area contributed by atoms with E-state index >= 15 is 0 Å². The van der Waals surface area contributed by atoms with Crippen molar-refractivity contribution in [3.05, 3.63) is 21.9 Å². The van der Waals surface area contributed by atoms with Gasteiger partial charge in [0.25, 0.3) is 0 Å². The molecule has 2 aliphatic rings. The van der Waals surface area contributed by atoms with E-state index in [1.807, 2.05) is 11.3 Å². The highest BCUT2D eigenvalue weighted by Gasteiger charge is 2.29. The molecule has 3 rings (SSSR count). The van der Waals surface area contributed by atoms with E-state index in [1.54, 1.807) is 0 Å². The maximum absolute atomic E-state index is 11.9. The number of urea groups is 1. The van der Waals surface area contributed by atoms with Crippen LogP contribution in [0, 0.1) is 0 Å². The molecule has 1 aliphatic carbocycles. The van der Waals surface area contributed by atoms with Crippen molar-refractivity contribution >= 4 is 17.4 Å². The van der Waals surface area contributed by atoms with Crippen molar-refractivity contribution in [2.45, 2.75) is 50.7 Å². The first kappa shape index (κ1) is 16.7. The Hall–Kier alpha value is -1.11. The number of hydrogen-bond acceptors (Lipinski definition) is 4. The summed E-state index contributed by atoms with van der Waals surface area (Å²) in [6, 6.07) is 2.04. The lowest BCUT2D eigenvalue weighted by Crippen LogP contribution is -2.48. The number of amides is 2. The average molecular weight is 337 g/mol. The molecule has 1 aliphatic heterocycles. The summed E-state index contributed by atoms with van der Waals surface area (Å²) in [4.78, 5) is 15.8. The lowest BCUT2D eigenvalue weighted by molar-refractivity contribution is 0.00719. The number of hydrogen-bond donors (Lipinski definition) is 3. The van der Waals surface area contributed by atoms with Crippen LogP contribution in [0.5, 0.6) is 0 Å². The summed E-state index contributed by atoms with van der Waals surface area (Å²) < 4.78 is 0. The number of rotatable bonds is 5. The molecule has 2 heterocycles. The van der Waals surface area contributed by atoms with Crippen LogP contribution in [-0.2, 0) is 13.0 Å². The quantitative estimate of drug-likeness (QED) is 0.771. The van der Waals surface area contributed by atoms with Crippen LogP contribution in [0.3, 0.4) is 0 Å². The lowest BCUT2D eigenvalue weighted by Gasteiger charge is -2.32. The maximum Gasteiger partial charge on any atom is 0.314 e. The topological polar surface area (TPSA) is 64.6 Å². The zero-order valence-electron chi connectivity index (χ0n) is 13.6. The minimum Gasteiger partial charge on any atom is -0.388 e. The molecule has 0 aromatic carbocycles. The van der Waals surface area contributed by atoms with E-state index in [-0.39, 0.29) is 6.03 Å². The van der Waals surface area contributed by atoms with Gasteiger partial charge in [-0.25, -0.2) is 4.79 Å². The minimum atomic E-state index is -0.697. The van der Waals surface area contributed by atoms with Gasteiger partial charge in [0.1, 0.15) is 0 Å². The van der Waals surface area contributed by atoms with Crippen molar-refractivity contribution in [3.8, 4) is 0 Å². The van der Waals surface area contributed by atoms with Crippen molar-refractivity contribution in [3.63, 3.8) is 0 Å². The highest BCUT2D eigenvalue weighted by Crippen LogP contribution is 2.27. The van der Waals surface area contributed by atoms with E-state index in [1.165, 1.54) is 16.9 Å². The highest BCUT2D eigenvalue weighted by molar-refractivity contribution is 7.10. The zero-order chi connectivity index (χ0) is 16.1. The summed E-state index contributed by atoms with van der Waals surface area (Å²) in [6.45, 7) is 3.93. The predicted molar refractivity (Wildman–Crippen MR) is 92.7 cm³/mol. The third-order valence-electron chi connectivity index (χ3n) is 4.96. The summed E-state index contributed by atoms with van der Waals surface area (Å²) in [6.07, 6.45) is 6.01. The summed E-state index contributed by atoms with van der Waals surface area (Å²) in [7, 11) is 0. The molecule has 23 heavy (non-hydrogen) atoms. The molecule has 3 N–H and O–H groups in total. The van der Waals surface area contributed by atoms with E-state index in [0.717, 1.165) is 51.7 Å². The number of thiophene rings is 1. The SMILES string of the molecule is O=C(NCCN1CCc2sccc2C1)NCC1(O)CCCCC1. The van der Waals surface area contributed by atoms with Crippen LogP contribution in [-0.4, -0.2) is 47.8 Å². The van der Waals surface area contributed by atoms with Gasteiger partial charge in [-0.1, -0.05) is 19.3 Å². The van der Waals surface area contributed by atoms with Crippen LogP contribution in [0.1, 0.15) is 42.5 Å². The zero-order valence-corrected chi connectivity index (χ0v) is 14.5. The minimum absolute atomic E-state index is 0.169. The standard InChI is InChI=1S/C17H27N3O2S/c21-16(19-13-17(22)6-2-1-3-7-17)18-8-10-20-9-4-15-14(12-20)5-11-23-15/h5,11,22H,1-4,6-10,12-13H2,(H2,18,19,21). The van der Waals surface area contributed by atoms with E-state index in [0.29, 0.717) is 13.1 Å². The fraction of sp³-hybridized carbons (Fsp3) is 0.706. The summed E-state index contributed by atoms with van der Waals surface area (Å²) in [5, 5.41) is 18.3. The molecule has 5 nitrogen and oxygen atoms in total. The molecule has 0 bridgehead atoms. The van der Waals surface area contributed by atoms with E-state index in [2.05, 4.69) is 27.0 Å². The lowest BCUT2D eigenvalue weighted by atomic mass is 9.85. The van der Waals surface area contributed by atoms with Gasteiger partial charge in [-0.05, 0) is 36.3 Å². The molecule has 2 amide bonds. The number of carbonyl (C=O) groups is 1. The maximum atomic E-state index is 11.9. The number of carbonyl (C=O) groups excluding carboxylic acids is 1. The summed E-state index contributed by atoms with van der Waals surface area (Å²) in [5.74, 6) is 0. The normalized spacial score (nSPS) is 20.7. The molecule has 6 heteroatoms. The number of nitrogens with one attached hydrogen (secondary N) is 2. The molecule has 0 radical (unpaired) electrons. The first-order chi connectivity index (χ1) is 11.1. The van der Waals surface area contributed by atoms with Gasteiger partial charge in [-0.15, -0.1) is 11.3 Å². The molecule has 0 spiro atoms. The molecule has 1 saturated carbocycles. The van der Waals surface area contributed by atoms with Crippen LogP contribution in [0.25, 0.3) is 0 Å². The molecular formula is C17H27N3O2S. The second kappa shape index (κ2) is 7.64. The van der Waals surface area contributed by atoms with Crippen LogP contribution < -0.4 is 10.6 Å². The van der Waals surface area contributed by atoms with Crippen LogP contribution >= 0.6 is 11.3 Å². The van der Waals surface area contributed by atoms with Crippen LogP contribution in [0.4, 0.5) is 4.79 Å². The Labute approximate surface area is 142 Å². The fourth-order valence-electron chi connectivity index (χ4n) is 3.52. The molecule has 1 aromatic rings. The summed E-state index contributed by atoms with van der Waals surface area (Å²) >= 11 is 1.85. The molecule has 0 saturated heterocycles. The molecule has 0 unspecified atom stereocenters. The van der Waals surface area contributed by atoms with Crippen molar-refractivity contribution in [1.82, 2.24) is 15.5 Å². The van der Waals surface area contributed by atoms with E-state index in [4.69, 9.17) is 0 Å². The fourth-order valence-corrected chi connectivity index (χ4v) is 4.41. The Kier molecular flexibility index (Phi) is 5.56. The molecule has 1 fully saturated rings. The van der Waals surface area contributed by atoms with Gasteiger partial charge in [0.15, 0.2) is 0 Å². The van der Waals surface area contributed by atoms with Gasteiger partial charge in [0.2, 0.25) is 0 Å². The van der Waals surface area contributed by atoms with Crippen molar-refractivity contribution in [1.29, 1.82) is 0 Å². The smallest absolute Gasteiger partial charge is 0.314 e. The Morgan fingerprint density at radius 1 is 1.30 bits per heavy atom. The van der Waals surface area contributed by atoms with Crippen molar-refractivity contribution in [2.24, 2.45) is 0 Å². The average Bonchev–Trinajstić information content (AvgIpc) is 3.01. The number of fused-ring (bicyclic) bond motifs is 1. The van der Waals surface area contributed by atoms with Gasteiger partial charge in [-0.3, -0.25) is 4.90 Å². The van der Waals surface area contributed by atoms with Gasteiger partial charge >= 0.3 is 6.03 Å². The van der Waals surface area contributed by atoms with Crippen molar-refractivity contribution in [2.75, 3.05) is 26.2 Å². The van der Waals surface area contributed by atoms with Gasteiger partial charge < -0.3 is 15.7 Å². The second-order valence-corrected chi connectivity index (χ2v) is 7.79. The molecular weight excluding hydrogens is 310 g/mol. The monoisotopic (exact) mass is 337 g/mol. The van der Waals surface area contributed by atoms with E-state index in [9.17, 15) is 9.90 Å². The first-order valence-corrected chi connectivity index (χ1v) is 9.54. The molecule has 1 aromatic heterocycles. The summed E-state index contributed by atoms with van der Waals surface area (Å²) in [5.41, 5.74) is 0.739. The Balaban J connectivity index is 1.32. The Morgan fingerprint density at radius 3 is 2.96 bits per heavy atom. The highest BCUT2D eigenvalue weighted by atomic mass is 32.1. The predicted octanol–water partition coefficient (Wildman–Crippen LogP) is 2.10. The number of nitrogens with zero attached hydrogens (tertiary/aromatic N) is 1. The third-order valence-corrected chi connectivity index (χ3v) is 5.99. The molecule has 128 valence electrons. The largest absolute Gasteiger partial charge is 0.388 e. The van der Waals surface area contributed by atoms with Gasteiger partial charge in [-0.2, -0.15) is 0 Å². The Bertz CT molecular complexity index is 526.